The van der Waals surface area contributed by atoms with Crippen LogP contribution in [0.25, 0.3) is 0 Å². The van der Waals surface area contributed by atoms with E-state index in [4.69, 9.17) is 4.74 Å². The van der Waals surface area contributed by atoms with E-state index >= 15 is 0 Å². The number of hydrogen-bond donors (Lipinski definition) is 2. The Balaban J connectivity index is 1.58. The summed E-state index contributed by atoms with van der Waals surface area (Å²) in [6.07, 6.45) is 2.88. The predicted octanol–water partition coefficient (Wildman–Crippen LogP) is 4.51. The van der Waals surface area contributed by atoms with E-state index < -0.39 is 5.92 Å². The molecule has 35 heavy (non-hydrogen) atoms. The number of hydrogen-bond acceptors (Lipinski definition) is 4. The van der Waals surface area contributed by atoms with E-state index in [-0.39, 0.29) is 17.6 Å². The van der Waals surface area contributed by atoms with Crippen LogP contribution in [0.3, 0.4) is 0 Å². The number of ketones is 1. The molecule has 2 atom stereocenters. The van der Waals surface area contributed by atoms with Crippen LogP contribution in [0.1, 0.15) is 42.7 Å². The lowest BCUT2D eigenvalue weighted by atomic mass is 9.71. The van der Waals surface area contributed by atoms with Crippen LogP contribution in [-0.4, -0.2) is 18.8 Å². The first kappa shape index (κ1) is 22.6. The summed E-state index contributed by atoms with van der Waals surface area (Å²) < 4.78 is 5.46. The van der Waals surface area contributed by atoms with Gasteiger partial charge in [-0.2, -0.15) is 0 Å². The van der Waals surface area contributed by atoms with Gasteiger partial charge in [0.2, 0.25) is 0 Å². The van der Waals surface area contributed by atoms with Crippen molar-refractivity contribution in [2.45, 2.75) is 31.6 Å². The highest BCUT2D eigenvalue weighted by molar-refractivity contribution is 6.09. The smallest absolute Gasteiger partial charge is 0.337 e. The second-order valence-electron chi connectivity index (χ2n) is 8.93. The zero-order valence-electron chi connectivity index (χ0n) is 19.8. The molecule has 1 amide bonds. The second kappa shape index (κ2) is 9.58. The first-order chi connectivity index (χ1) is 17.0. The van der Waals surface area contributed by atoms with Gasteiger partial charge in [0.15, 0.2) is 5.78 Å². The van der Waals surface area contributed by atoms with Gasteiger partial charge in [-0.1, -0.05) is 48.5 Å². The Morgan fingerprint density at radius 2 is 1.77 bits per heavy atom. The molecule has 0 saturated heterocycles. The number of rotatable bonds is 5. The van der Waals surface area contributed by atoms with Crippen molar-refractivity contribution in [3.05, 3.63) is 113 Å². The minimum Gasteiger partial charge on any atom is -0.497 e. The van der Waals surface area contributed by atoms with Gasteiger partial charge in [-0.15, -0.1) is 0 Å². The summed E-state index contributed by atoms with van der Waals surface area (Å²) in [7, 11) is 1.61. The summed E-state index contributed by atoms with van der Waals surface area (Å²) in [6, 6.07) is 23.3. The van der Waals surface area contributed by atoms with Crippen molar-refractivity contribution in [3.63, 3.8) is 0 Å². The third-order valence-corrected chi connectivity index (χ3v) is 6.73. The van der Waals surface area contributed by atoms with E-state index in [2.05, 4.69) is 27.8 Å². The number of ether oxygens (including phenoxy) is 1. The van der Waals surface area contributed by atoms with Crippen LogP contribution in [0.2, 0.25) is 0 Å². The van der Waals surface area contributed by atoms with Gasteiger partial charge < -0.3 is 10.1 Å². The molecule has 1 aromatic heterocycles. The lowest BCUT2D eigenvalue weighted by Crippen LogP contribution is -2.37. The van der Waals surface area contributed by atoms with Crippen LogP contribution >= 0.6 is 0 Å². The van der Waals surface area contributed by atoms with Crippen LogP contribution in [-0.2, 0) is 9.59 Å². The predicted molar refractivity (Wildman–Crippen MR) is 134 cm³/mol. The number of anilines is 1. The molecule has 1 aliphatic carbocycles. The fourth-order valence-corrected chi connectivity index (χ4v) is 5.12. The Morgan fingerprint density at radius 3 is 2.51 bits per heavy atom. The number of allylic oxidation sites excluding steroid dienone is 3. The number of dihydropyridines is 1. The average Bonchev–Trinajstić information content (AvgIpc) is 2.88. The monoisotopic (exact) mass is 466 g/mol. The van der Waals surface area contributed by atoms with Crippen molar-refractivity contribution >= 4 is 17.5 Å². The van der Waals surface area contributed by atoms with Crippen LogP contribution < -0.4 is 20.4 Å². The number of benzene rings is 2. The summed E-state index contributed by atoms with van der Waals surface area (Å²) in [6.45, 7) is 1.90. The van der Waals surface area contributed by atoms with Gasteiger partial charge in [-0.05, 0) is 48.6 Å². The third-order valence-electron chi connectivity index (χ3n) is 6.73. The fraction of sp³-hybridized carbons (Fsp3) is 0.207. The molecule has 0 bridgehead atoms. The molecule has 0 fully saturated rings. The number of amides is 1. The van der Waals surface area contributed by atoms with E-state index in [1.54, 1.807) is 19.4 Å². The number of carbonyl (C=O) groups excluding carboxylic acids is 2. The van der Waals surface area contributed by atoms with Crippen molar-refractivity contribution in [2.75, 3.05) is 12.4 Å². The molecule has 5 rings (SSSR count). The molecular weight excluding hydrogens is 438 g/mol. The van der Waals surface area contributed by atoms with Crippen LogP contribution in [0, 0.1) is 0 Å². The topological polar surface area (TPSA) is 81.6 Å². The number of Topliss-reactive ketones (excluding diaryl/α,β-unsaturated/α-hetero) is 1. The summed E-state index contributed by atoms with van der Waals surface area (Å²) in [5.74, 6) is 0.681. The number of carbonyl (C=O) groups is 2. The van der Waals surface area contributed by atoms with Crippen molar-refractivity contribution in [1.29, 1.82) is 0 Å². The van der Waals surface area contributed by atoms with E-state index in [0.717, 1.165) is 22.5 Å². The van der Waals surface area contributed by atoms with Crippen LogP contribution in [0.15, 0.2) is 102 Å². The Hall–Kier alpha value is -4.19. The molecule has 6 nitrogen and oxygen atoms in total. The number of aromatic nitrogens is 1. The van der Waals surface area contributed by atoms with Crippen LogP contribution in [0.5, 0.6) is 5.75 Å². The van der Waals surface area contributed by atoms with Gasteiger partial charge in [0.25, 0.3) is 5.82 Å². The molecule has 0 saturated carbocycles. The normalized spacial score (nSPS) is 19.7. The number of pyridine rings is 1. The van der Waals surface area contributed by atoms with Crippen molar-refractivity contribution in [3.8, 4) is 5.75 Å². The zero-order chi connectivity index (χ0) is 24.4. The molecule has 2 heterocycles. The summed E-state index contributed by atoms with van der Waals surface area (Å²) >= 11 is 0. The molecule has 2 unspecified atom stereocenters. The van der Waals surface area contributed by atoms with Gasteiger partial charge in [0, 0.05) is 35.4 Å². The Kier molecular flexibility index (Phi) is 6.19. The average molecular weight is 467 g/mol. The van der Waals surface area contributed by atoms with Gasteiger partial charge in [0.05, 0.1) is 18.9 Å². The van der Waals surface area contributed by atoms with E-state index in [1.807, 2.05) is 61.5 Å². The van der Waals surface area contributed by atoms with Crippen molar-refractivity contribution < 1.29 is 19.3 Å². The van der Waals surface area contributed by atoms with Gasteiger partial charge in [-0.25, -0.2) is 15.1 Å². The largest absolute Gasteiger partial charge is 0.497 e. The minimum atomic E-state index is -0.491. The number of aromatic amines is 1. The molecule has 0 radical (unpaired) electrons. The quantitative estimate of drug-likeness (QED) is 0.580. The zero-order valence-corrected chi connectivity index (χ0v) is 19.8. The van der Waals surface area contributed by atoms with Gasteiger partial charge in [0.1, 0.15) is 5.75 Å². The molecule has 3 aromatic rings. The Labute approximate surface area is 204 Å². The lowest BCUT2D eigenvalue weighted by Gasteiger charge is -2.36. The molecule has 0 spiro atoms. The third kappa shape index (κ3) is 4.47. The minimum absolute atomic E-state index is 0.0597. The number of H-pyrrole nitrogens is 1. The highest BCUT2D eigenvalue weighted by Crippen LogP contribution is 2.46. The van der Waals surface area contributed by atoms with Gasteiger partial charge in [-0.3, -0.25) is 4.79 Å². The molecule has 176 valence electrons. The van der Waals surface area contributed by atoms with Crippen molar-refractivity contribution in [2.24, 2.45) is 0 Å². The second-order valence-corrected chi connectivity index (χ2v) is 8.93. The fourth-order valence-electron chi connectivity index (χ4n) is 5.12. The first-order valence-electron chi connectivity index (χ1n) is 11.8. The van der Waals surface area contributed by atoms with E-state index in [0.29, 0.717) is 35.6 Å². The molecule has 6 heteroatoms. The van der Waals surface area contributed by atoms with Gasteiger partial charge >= 0.3 is 5.91 Å². The standard InChI is InChI=1S/C29H27N3O3/c1-18-26(29(34)32-25-13-6-7-14-30-25)27(20-11-8-12-22(15-20)35-2)28-23(31-18)16-21(17-24(28)33)19-9-4-3-5-10-19/h3-15,21,27,31H,16-17H2,1-2H3,(H,30,32,34)/p+1. The Morgan fingerprint density at radius 1 is 1.00 bits per heavy atom. The highest BCUT2D eigenvalue weighted by atomic mass is 16.5. The summed E-state index contributed by atoms with van der Waals surface area (Å²) in [4.78, 5) is 30.3. The first-order valence-corrected chi connectivity index (χ1v) is 11.8. The molecule has 3 N–H and O–H groups in total. The summed E-state index contributed by atoms with van der Waals surface area (Å²) in [5, 5.41) is 6.39. The Bertz CT molecular complexity index is 1330. The maximum atomic E-state index is 13.7. The van der Waals surface area contributed by atoms with Crippen LogP contribution in [0.4, 0.5) is 5.82 Å². The molecule has 2 aliphatic rings. The maximum absolute atomic E-state index is 13.7. The maximum Gasteiger partial charge on any atom is 0.337 e. The number of nitrogens with one attached hydrogen (secondary N) is 3. The molecular formula is C29H28N3O3+. The summed E-state index contributed by atoms with van der Waals surface area (Å²) in [5.41, 5.74) is 4.83. The van der Waals surface area contributed by atoms with Crippen molar-refractivity contribution in [1.82, 2.24) is 5.32 Å². The highest BCUT2D eigenvalue weighted by Gasteiger charge is 2.42. The van der Waals surface area contributed by atoms with E-state index in [1.165, 1.54) is 0 Å². The lowest BCUT2D eigenvalue weighted by molar-refractivity contribution is -0.360. The van der Waals surface area contributed by atoms with E-state index in [9.17, 15) is 9.59 Å². The number of methoxy groups -OCH3 is 1. The molecule has 2 aromatic carbocycles. The SMILES string of the molecule is COc1cccc(C2C(C(=O)Nc3cccc[nH+]3)=C(C)NC3=C2C(=O)CC(c2ccccc2)C3)c1. The molecule has 1 aliphatic heterocycles.